The number of methoxy groups -OCH3 is 1. The van der Waals surface area contributed by atoms with Crippen molar-refractivity contribution in [3.05, 3.63) is 136 Å². The SMILES string of the molecule is COc1ccc(C(=O)OCc2ccccc2)cc1N(CCCc1ccccc1)Cn1nnn(-c2c(F)cccc2F)c1=O. The van der Waals surface area contributed by atoms with Crippen LogP contribution in [0.4, 0.5) is 14.5 Å². The molecule has 0 bridgehead atoms. The van der Waals surface area contributed by atoms with Crippen LogP contribution in [0.5, 0.6) is 5.75 Å². The monoisotopic (exact) mass is 585 g/mol. The third-order valence-corrected chi connectivity index (χ3v) is 6.80. The van der Waals surface area contributed by atoms with E-state index in [1.165, 1.54) is 13.2 Å². The number of tetrazole rings is 1. The summed E-state index contributed by atoms with van der Waals surface area (Å²) in [5.41, 5.74) is 1.31. The van der Waals surface area contributed by atoms with Gasteiger partial charge < -0.3 is 14.4 Å². The van der Waals surface area contributed by atoms with Crippen molar-refractivity contribution >= 4 is 11.7 Å². The smallest absolute Gasteiger partial charge is 0.370 e. The average molecular weight is 586 g/mol. The van der Waals surface area contributed by atoms with Crippen LogP contribution in [0.25, 0.3) is 5.69 Å². The molecule has 43 heavy (non-hydrogen) atoms. The van der Waals surface area contributed by atoms with Crippen molar-refractivity contribution in [1.82, 2.24) is 19.8 Å². The summed E-state index contributed by atoms with van der Waals surface area (Å²) in [6.45, 7) is 0.386. The number of carbonyl (C=O) groups is 1. The molecule has 0 aliphatic rings. The minimum atomic E-state index is -0.947. The molecular weight excluding hydrogens is 556 g/mol. The summed E-state index contributed by atoms with van der Waals surface area (Å²) in [6.07, 6.45) is 1.40. The van der Waals surface area contributed by atoms with E-state index >= 15 is 0 Å². The Kier molecular flexibility index (Phi) is 9.20. The Labute approximate surface area is 246 Å². The Morgan fingerprint density at radius 2 is 1.53 bits per heavy atom. The van der Waals surface area contributed by atoms with Crippen LogP contribution in [0, 0.1) is 11.6 Å². The van der Waals surface area contributed by atoms with E-state index in [1.807, 2.05) is 60.7 Å². The van der Waals surface area contributed by atoms with E-state index in [2.05, 4.69) is 10.4 Å². The Hall–Kier alpha value is -5.32. The second kappa shape index (κ2) is 13.6. The van der Waals surface area contributed by atoms with Gasteiger partial charge in [-0.1, -0.05) is 66.7 Å². The van der Waals surface area contributed by atoms with Gasteiger partial charge in [0.25, 0.3) is 0 Å². The first-order valence-electron chi connectivity index (χ1n) is 13.6. The summed E-state index contributed by atoms with van der Waals surface area (Å²) < 4.78 is 41.6. The van der Waals surface area contributed by atoms with Crippen LogP contribution in [-0.4, -0.2) is 39.4 Å². The number of aromatic nitrogens is 4. The molecule has 0 saturated carbocycles. The second-order valence-electron chi connectivity index (χ2n) is 9.69. The standard InChI is InChI=1S/C32H29F2N5O4/c1-42-29-18-17-25(31(40)43-21-24-12-6-3-7-13-24)20-28(29)37(19-9-14-23-10-4-2-5-11-23)22-38-32(41)39(36-35-38)30-26(33)15-8-16-27(30)34/h2-8,10-13,15-18,20H,9,14,19,21-22H2,1H3. The Morgan fingerprint density at radius 3 is 2.21 bits per heavy atom. The van der Waals surface area contributed by atoms with Crippen LogP contribution in [0.1, 0.15) is 27.9 Å². The number of carbonyl (C=O) groups excluding carboxylic acids is 1. The molecular formula is C32H29F2N5O4. The zero-order valence-electron chi connectivity index (χ0n) is 23.4. The minimum absolute atomic E-state index is 0.104. The van der Waals surface area contributed by atoms with Gasteiger partial charge in [0.1, 0.15) is 24.7 Å². The molecule has 9 nitrogen and oxygen atoms in total. The number of ether oxygens (including phenoxy) is 2. The van der Waals surface area contributed by atoms with Crippen molar-refractivity contribution in [3.63, 3.8) is 0 Å². The lowest BCUT2D eigenvalue weighted by molar-refractivity contribution is 0.0472. The molecule has 0 unspecified atom stereocenters. The molecule has 0 aliphatic carbocycles. The molecule has 0 aliphatic heterocycles. The van der Waals surface area contributed by atoms with Gasteiger partial charge in [0.15, 0.2) is 11.6 Å². The van der Waals surface area contributed by atoms with E-state index in [4.69, 9.17) is 9.47 Å². The molecule has 11 heteroatoms. The van der Waals surface area contributed by atoms with E-state index in [1.54, 1.807) is 23.1 Å². The zero-order valence-corrected chi connectivity index (χ0v) is 23.4. The van der Waals surface area contributed by atoms with Crippen molar-refractivity contribution in [2.75, 3.05) is 18.6 Å². The fraction of sp³-hybridized carbons (Fsp3) is 0.188. The highest BCUT2D eigenvalue weighted by molar-refractivity contribution is 5.91. The Balaban J connectivity index is 1.44. The van der Waals surface area contributed by atoms with Gasteiger partial charge in [0, 0.05) is 6.54 Å². The normalized spacial score (nSPS) is 10.9. The van der Waals surface area contributed by atoms with Crippen molar-refractivity contribution in [3.8, 4) is 11.4 Å². The number of hydrogen-bond acceptors (Lipinski definition) is 7. The molecule has 0 saturated heterocycles. The van der Waals surface area contributed by atoms with Crippen LogP contribution in [-0.2, 0) is 24.4 Å². The lowest BCUT2D eigenvalue weighted by Crippen LogP contribution is -2.35. The molecule has 0 atom stereocenters. The van der Waals surface area contributed by atoms with Gasteiger partial charge in [0.2, 0.25) is 0 Å². The van der Waals surface area contributed by atoms with E-state index in [0.717, 1.165) is 34.4 Å². The third kappa shape index (κ3) is 6.95. The first kappa shape index (κ1) is 29.2. The molecule has 0 amide bonds. The highest BCUT2D eigenvalue weighted by atomic mass is 19.1. The van der Waals surface area contributed by atoms with Crippen molar-refractivity contribution in [2.45, 2.75) is 26.1 Å². The van der Waals surface area contributed by atoms with Crippen LogP contribution in [0.2, 0.25) is 0 Å². The number of hydrogen-bond donors (Lipinski definition) is 0. The number of para-hydroxylation sites is 1. The summed E-state index contributed by atoms with van der Waals surface area (Å²) in [5, 5.41) is 7.62. The first-order valence-corrected chi connectivity index (χ1v) is 13.6. The van der Waals surface area contributed by atoms with Crippen LogP contribution in [0.3, 0.4) is 0 Å². The third-order valence-electron chi connectivity index (χ3n) is 6.80. The number of anilines is 1. The fourth-order valence-electron chi connectivity index (χ4n) is 4.61. The maximum absolute atomic E-state index is 14.4. The molecule has 1 aromatic heterocycles. The highest BCUT2D eigenvalue weighted by Crippen LogP contribution is 2.31. The zero-order chi connectivity index (χ0) is 30.2. The van der Waals surface area contributed by atoms with Crippen LogP contribution >= 0.6 is 0 Å². The molecule has 0 radical (unpaired) electrons. The number of halogens is 2. The van der Waals surface area contributed by atoms with Crippen LogP contribution in [0.15, 0.2) is 102 Å². The van der Waals surface area contributed by atoms with Gasteiger partial charge in [0.05, 0.1) is 18.4 Å². The molecule has 5 rings (SSSR count). The molecule has 0 N–H and O–H groups in total. The summed E-state index contributed by atoms with van der Waals surface area (Å²) in [4.78, 5) is 28.0. The molecule has 4 aromatic carbocycles. The largest absolute Gasteiger partial charge is 0.495 e. The molecule has 0 fully saturated rings. The van der Waals surface area contributed by atoms with Gasteiger partial charge in [-0.05, 0) is 64.7 Å². The molecule has 220 valence electrons. The number of nitrogens with zero attached hydrogens (tertiary/aromatic N) is 5. The van der Waals surface area contributed by atoms with Crippen molar-refractivity contribution < 1.29 is 23.0 Å². The van der Waals surface area contributed by atoms with Gasteiger partial charge in [-0.2, -0.15) is 9.36 Å². The van der Waals surface area contributed by atoms with E-state index < -0.39 is 29.0 Å². The van der Waals surface area contributed by atoms with Gasteiger partial charge in [-0.3, -0.25) is 0 Å². The summed E-state index contributed by atoms with van der Waals surface area (Å²) in [7, 11) is 1.50. The molecule has 5 aromatic rings. The predicted octanol–water partition coefficient (Wildman–Crippen LogP) is 5.17. The summed E-state index contributed by atoms with van der Waals surface area (Å²) in [6, 6.07) is 27.4. The van der Waals surface area contributed by atoms with Gasteiger partial charge >= 0.3 is 11.7 Å². The maximum atomic E-state index is 14.4. The topological polar surface area (TPSA) is 91.5 Å². The van der Waals surface area contributed by atoms with E-state index in [9.17, 15) is 18.4 Å². The van der Waals surface area contributed by atoms with Crippen molar-refractivity contribution in [2.24, 2.45) is 0 Å². The highest BCUT2D eigenvalue weighted by Gasteiger charge is 2.21. The quantitative estimate of drug-likeness (QED) is 0.187. The number of benzene rings is 4. The summed E-state index contributed by atoms with van der Waals surface area (Å²) >= 11 is 0. The van der Waals surface area contributed by atoms with E-state index in [0.29, 0.717) is 29.1 Å². The lowest BCUT2D eigenvalue weighted by Gasteiger charge is -2.26. The van der Waals surface area contributed by atoms with Gasteiger partial charge in [-0.25, -0.2) is 18.4 Å². The van der Waals surface area contributed by atoms with Crippen molar-refractivity contribution in [1.29, 1.82) is 0 Å². The first-order chi connectivity index (χ1) is 20.9. The maximum Gasteiger partial charge on any atom is 0.370 e. The summed E-state index contributed by atoms with van der Waals surface area (Å²) in [5.74, 6) is -1.98. The second-order valence-corrected chi connectivity index (χ2v) is 9.69. The number of esters is 1. The lowest BCUT2D eigenvalue weighted by atomic mass is 10.1. The predicted molar refractivity (Wildman–Crippen MR) is 156 cm³/mol. The Bertz CT molecular complexity index is 1720. The minimum Gasteiger partial charge on any atom is -0.495 e. The van der Waals surface area contributed by atoms with E-state index in [-0.39, 0.29) is 18.8 Å². The Morgan fingerprint density at radius 1 is 0.860 bits per heavy atom. The van der Waals surface area contributed by atoms with Crippen LogP contribution < -0.4 is 15.3 Å². The number of rotatable bonds is 12. The molecule has 1 heterocycles. The number of aryl methyl sites for hydroxylation is 1. The fourth-order valence-corrected chi connectivity index (χ4v) is 4.61. The molecule has 0 spiro atoms. The van der Waals surface area contributed by atoms with Gasteiger partial charge in [-0.15, -0.1) is 0 Å². The average Bonchev–Trinajstić information content (AvgIpc) is 3.39.